The Morgan fingerprint density at radius 3 is 2.72 bits per heavy atom. The maximum Gasteiger partial charge on any atom is 0.420 e. The second kappa shape index (κ2) is 7.21. The molecule has 10 heteroatoms. The van der Waals surface area contributed by atoms with Crippen LogP contribution in [0.5, 0.6) is 0 Å². The normalized spacial score (nSPS) is 11.8. The molecule has 0 bridgehead atoms. The monoisotopic (exact) mass is 414 g/mol. The summed E-state index contributed by atoms with van der Waals surface area (Å²) in [5.41, 5.74) is 2.07. The highest BCUT2D eigenvalue weighted by Gasteiger charge is 2.19. The van der Waals surface area contributed by atoms with Crippen LogP contribution in [0.4, 0.5) is 5.69 Å². The second-order valence-corrected chi connectivity index (χ2v) is 8.16. The minimum absolute atomic E-state index is 0.0109. The van der Waals surface area contributed by atoms with Gasteiger partial charge in [-0.05, 0) is 36.2 Å². The van der Waals surface area contributed by atoms with Gasteiger partial charge < -0.3 is 8.94 Å². The van der Waals surface area contributed by atoms with Crippen LogP contribution in [0.1, 0.15) is 24.2 Å². The number of oxazole rings is 1. The maximum atomic E-state index is 12.8. The number of rotatable bonds is 6. The molecule has 150 valence electrons. The standard InChI is InChI=1S/C19H18N4O5S/c1-3-13-5-4-6-14(9-13)22-29(25,26)15-7-8-16-17(10-15)27-19(24)23(16)11-18-20-12(2)28-21-18/h4-10,22H,3,11H2,1-2H3. The van der Waals surface area contributed by atoms with E-state index >= 15 is 0 Å². The highest BCUT2D eigenvalue weighted by molar-refractivity contribution is 7.92. The topological polar surface area (TPSA) is 120 Å². The number of aromatic nitrogens is 3. The molecule has 0 aliphatic heterocycles. The van der Waals surface area contributed by atoms with Crippen LogP contribution < -0.4 is 10.5 Å². The summed E-state index contributed by atoms with van der Waals surface area (Å²) in [6, 6.07) is 11.4. The molecule has 0 spiro atoms. The van der Waals surface area contributed by atoms with Gasteiger partial charge in [0.05, 0.1) is 17.0 Å². The van der Waals surface area contributed by atoms with Crippen LogP contribution >= 0.6 is 0 Å². The maximum absolute atomic E-state index is 12.8. The van der Waals surface area contributed by atoms with Gasteiger partial charge in [0.1, 0.15) is 0 Å². The molecule has 0 saturated carbocycles. The van der Waals surface area contributed by atoms with Crippen LogP contribution in [-0.4, -0.2) is 23.1 Å². The lowest BCUT2D eigenvalue weighted by Gasteiger charge is -2.09. The fourth-order valence-corrected chi connectivity index (χ4v) is 4.04. The molecule has 0 saturated heterocycles. The second-order valence-electron chi connectivity index (χ2n) is 6.47. The van der Waals surface area contributed by atoms with E-state index in [1.54, 1.807) is 25.1 Å². The molecule has 4 aromatic rings. The highest BCUT2D eigenvalue weighted by atomic mass is 32.2. The van der Waals surface area contributed by atoms with Gasteiger partial charge >= 0.3 is 5.76 Å². The SMILES string of the molecule is CCc1cccc(NS(=O)(=O)c2ccc3c(c2)oc(=O)n3Cc2noc(C)n2)c1. The van der Waals surface area contributed by atoms with E-state index in [0.717, 1.165) is 12.0 Å². The zero-order chi connectivity index (χ0) is 20.6. The first-order valence-corrected chi connectivity index (χ1v) is 10.4. The Balaban J connectivity index is 1.67. The molecule has 9 nitrogen and oxygen atoms in total. The number of aryl methyl sites for hydroxylation is 2. The van der Waals surface area contributed by atoms with Crippen LogP contribution in [0.3, 0.4) is 0 Å². The molecule has 2 aromatic heterocycles. The third-order valence-electron chi connectivity index (χ3n) is 4.41. The van der Waals surface area contributed by atoms with Crippen molar-refractivity contribution in [3.63, 3.8) is 0 Å². The quantitative estimate of drug-likeness (QED) is 0.515. The van der Waals surface area contributed by atoms with Gasteiger partial charge in [0.25, 0.3) is 10.0 Å². The van der Waals surface area contributed by atoms with Gasteiger partial charge in [-0.3, -0.25) is 9.29 Å². The van der Waals surface area contributed by atoms with E-state index in [9.17, 15) is 13.2 Å². The summed E-state index contributed by atoms with van der Waals surface area (Å²) < 4.78 is 39.5. The smallest absolute Gasteiger partial charge is 0.408 e. The molecule has 0 aliphatic carbocycles. The molecule has 2 heterocycles. The van der Waals surface area contributed by atoms with Gasteiger partial charge in [0.2, 0.25) is 5.89 Å². The number of nitrogens with zero attached hydrogens (tertiary/aromatic N) is 3. The Morgan fingerprint density at radius 2 is 2.00 bits per heavy atom. The minimum Gasteiger partial charge on any atom is -0.408 e. The Labute approximate surface area is 166 Å². The summed E-state index contributed by atoms with van der Waals surface area (Å²) in [7, 11) is -3.85. The lowest BCUT2D eigenvalue weighted by molar-refractivity contribution is 0.385. The fraction of sp³-hybridized carbons (Fsp3) is 0.211. The van der Waals surface area contributed by atoms with E-state index in [2.05, 4.69) is 14.9 Å². The molecule has 4 rings (SSSR count). The van der Waals surface area contributed by atoms with Gasteiger partial charge in [-0.1, -0.05) is 24.2 Å². The van der Waals surface area contributed by atoms with Crippen LogP contribution in [0.15, 0.2) is 61.1 Å². The first kappa shape index (κ1) is 18.9. The Morgan fingerprint density at radius 1 is 1.17 bits per heavy atom. The van der Waals surface area contributed by atoms with Crippen LogP contribution in [0.25, 0.3) is 11.1 Å². The predicted octanol–water partition coefficient (Wildman–Crippen LogP) is 2.70. The van der Waals surface area contributed by atoms with Gasteiger partial charge in [-0.2, -0.15) is 4.98 Å². The summed E-state index contributed by atoms with van der Waals surface area (Å²) in [5, 5.41) is 3.76. The van der Waals surface area contributed by atoms with E-state index in [1.807, 2.05) is 13.0 Å². The molecule has 29 heavy (non-hydrogen) atoms. The summed E-state index contributed by atoms with van der Waals surface area (Å²) in [6.07, 6.45) is 0.792. The molecule has 2 aromatic carbocycles. The largest absolute Gasteiger partial charge is 0.420 e. The zero-order valence-electron chi connectivity index (χ0n) is 15.7. The number of fused-ring (bicyclic) bond motifs is 1. The van der Waals surface area contributed by atoms with Gasteiger partial charge in [0.15, 0.2) is 11.4 Å². The van der Waals surface area contributed by atoms with Gasteiger partial charge in [0, 0.05) is 18.7 Å². The van der Waals surface area contributed by atoms with Crippen molar-refractivity contribution in [2.45, 2.75) is 31.7 Å². The summed E-state index contributed by atoms with van der Waals surface area (Å²) in [5.74, 6) is 0.0644. The summed E-state index contributed by atoms with van der Waals surface area (Å²) >= 11 is 0. The molecular formula is C19H18N4O5S. The Hall–Kier alpha value is -3.40. The van der Waals surface area contributed by atoms with Gasteiger partial charge in [-0.25, -0.2) is 13.2 Å². The third kappa shape index (κ3) is 3.79. The van der Waals surface area contributed by atoms with Crippen molar-refractivity contribution in [3.05, 3.63) is 70.3 Å². The molecule has 0 unspecified atom stereocenters. The number of benzene rings is 2. The summed E-state index contributed by atoms with van der Waals surface area (Å²) in [4.78, 5) is 16.3. The first-order valence-electron chi connectivity index (χ1n) is 8.90. The average Bonchev–Trinajstić information content (AvgIpc) is 3.24. The van der Waals surface area contributed by atoms with E-state index in [-0.39, 0.29) is 17.0 Å². The molecular weight excluding hydrogens is 396 g/mol. The van der Waals surface area contributed by atoms with Crippen molar-refractivity contribution in [2.24, 2.45) is 0 Å². The van der Waals surface area contributed by atoms with Crippen molar-refractivity contribution in [2.75, 3.05) is 4.72 Å². The summed E-state index contributed by atoms with van der Waals surface area (Å²) in [6.45, 7) is 3.69. The number of hydrogen-bond donors (Lipinski definition) is 1. The number of hydrogen-bond acceptors (Lipinski definition) is 7. The van der Waals surface area contributed by atoms with E-state index in [1.165, 1.54) is 22.8 Å². The number of sulfonamides is 1. The van der Waals surface area contributed by atoms with Crippen molar-refractivity contribution in [1.29, 1.82) is 0 Å². The first-order chi connectivity index (χ1) is 13.9. The van der Waals surface area contributed by atoms with Crippen molar-refractivity contribution >= 4 is 26.8 Å². The Kier molecular flexibility index (Phi) is 4.71. The number of anilines is 1. The minimum atomic E-state index is -3.85. The molecule has 0 atom stereocenters. The number of nitrogens with one attached hydrogen (secondary N) is 1. The fourth-order valence-electron chi connectivity index (χ4n) is 2.98. The lowest BCUT2D eigenvalue weighted by atomic mass is 10.1. The van der Waals surface area contributed by atoms with Crippen molar-refractivity contribution in [1.82, 2.24) is 14.7 Å². The molecule has 0 radical (unpaired) electrons. The predicted molar refractivity (Wildman–Crippen MR) is 105 cm³/mol. The average molecular weight is 414 g/mol. The molecule has 0 fully saturated rings. The molecule has 0 aliphatic rings. The van der Waals surface area contributed by atoms with E-state index in [0.29, 0.717) is 22.9 Å². The molecule has 0 amide bonds. The third-order valence-corrected chi connectivity index (χ3v) is 5.79. The Bertz CT molecular complexity index is 1350. The van der Waals surface area contributed by atoms with Crippen LogP contribution in [-0.2, 0) is 23.0 Å². The lowest BCUT2D eigenvalue weighted by Crippen LogP contribution is -2.15. The zero-order valence-corrected chi connectivity index (χ0v) is 16.6. The van der Waals surface area contributed by atoms with Crippen molar-refractivity contribution in [3.8, 4) is 0 Å². The van der Waals surface area contributed by atoms with Gasteiger partial charge in [-0.15, -0.1) is 0 Å². The van der Waals surface area contributed by atoms with Crippen LogP contribution in [0.2, 0.25) is 0 Å². The highest BCUT2D eigenvalue weighted by Crippen LogP contribution is 2.22. The van der Waals surface area contributed by atoms with Crippen LogP contribution in [0, 0.1) is 6.92 Å². The molecule has 1 N–H and O–H groups in total. The van der Waals surface area contributed by atoms with E-state index < -0.39 is 15.8 Å². The van der Waals surface area contributed by atoms with Crippen molar-refractivity contribution < 1.29 is 17.4 Å². The van der Waals surface area contributed by atoms with E-state index in [4.69, 9.17) is 8.94 Å².